The number of ether oxygens (including phenoxy) is 1. The first kappa shape index (κ1) is 24.1. The van der Waals surface area contributed by atoms with E-state index in [1.165, 1.54) is 11.1 Å². The monoisotopic (exact) mass is 487 g/mol. The molecule has 3 heterocycles. The van der Waals surface area contributed by atoms with Crippen LogP contribution in [0.15, 0.2) is 42.6 Å². The molecule has 2 aliphatic heterocycles. The average molecular weight is 488 g/mol. The SMILES string of the molecule is CCc1cnc(Nc2cc3c(cc2OC)CCN(C)C3)nc1N1C[C@](C)(CC(=O)O)c2ccccc21. The van der Waals surface area contributed by atoms with Gasteiger partial charge >= 0.3 is 5.97 Å². The van der Waals surface area contributed by atoms with Crippen molar-refractivity contribution in [2.24, 2.45) is 0 Å². The van der Waals surface area contributed by atoms with Crippen molar-refractivity contribution in [2.45, 2.75) is 45.1 Å². The van der Waals surface area contributed by atoms with E-state index in [-0.39, 0.29) is 6.42 Å². The Labute approximate surface area is 211 Å². The molecule has 0 fully saturated rings. The maximum Gasteiger partial charge on any atom is 0.304 e. The standard InChI is InChI=1S/C28H33N5O3/c1-5-18-15-29-27(30-22-12-20-16-32(3)11-10-19(20)13-24(22)36-4)31-26(18)33-17-28(2,14-25(34)35)21-8-6-7-9-23(21)33/h6-9,12-13,15H,5,10-11,14,16-17H2,1-4H3,(H,34,35)(H,29,30,31)/t28-/m0/s1. The van der Waals surface area contributed by atoms with Gasteiger partial charge in [-0.15, -0.1) is 0 Å². The number of para-hydroxylation sites is 1. The first-order valence-electron chi connectivity index (χ1n) is 12.4. The molecule has 36 heavy (non-hydrogen) atoms. The van der Waals surface area contributed by atoms with Crippen LogP contribution >= 0.6 is 0 Å². The number of likely N-dealkylation sites (N-methyl/N-ethyl adjacent to an activating group) is 1. The van der Waals surface area contributed by atoms with E-state index < -0.39 is 11.4 Å². The van der Waals surface area contributed by atoms with Gasteiger partial charge in [0.2, 0.25) is 5.95 Å². The molecule has 0 radical (unpaired) electrons. The molecule has 2 N–H and O–H groups in total. The molecule has 8 heteroatoms. The Hall–Kier alpha value is -3.65. The summed E-state index contributed by atoms with van der Waals surface area (Å²) < 4.78 is 5.70. The van der Waals surface area contributed by atoms with Crippen molar-refractivity contribution in [2.75, 3.05) is 37.5 Å². The number of hydrogen-bond donors (Lipinski definition) is 2. The van der Waals surface area contributed by atoms with Crippen LogP contribution in [0.4, 0.5) is 23.1 Å². The van der Waals surface area contributed by atoms with Gasteiger partial charge in [0.05, 0.1) is 19.2 Å². The van der Waals surface area contributed by atoms with Gasteiger partial charge in [-0.05, 0) is 54.8 Å². The van der Waals surface area contributed by atoms with Gasteiger partial charge in [-0.25, -0.2) is 4.98 Å². The van der Waals surface area contributed by atoms with E-state index in [1.54, 1.807) is 7.11 Å². The van der Waals surface area contributed by atoms with Gasteiger partial charge < -0.3 is 25.0 Å². The van der Waals surface area contributed by atoms with Crippen molar-refractivity contribution in [3.05, 3.63) is 64.8 Å². The lowest BCUT2D eigenvalue weighted by Gasteiger charge is -2.27. The van der Waals surface area contributed by atoms with E-state index in [0.29, 0.717) is 12.5 Å². The number of anilines is 4. The minimum Gasteiger partial charge on any atom is -0.495 e. The summed E-state index contributed by atoms with van der Waals surface area (Å²) in [6, 6.07) is 12.3. The second kappa shape index (κ2) is 9.43. The highest BCUT2D eigenvalue weighted by atomic mass is 16.5. The van der Waals surface area contributed by atoms with Crippen LogP contribution in [-0.2, 0) is 29.6 Å². The Morgan fingerprint density at radius 1 is 1.25 bits per heavy atom. The average Bonchev–Trinajstić information content (AvgIpc) is 3.15. The van der Waals surface area contributed by atoms with E-state index in [4.69, 9.17) is 9.72 Å². The van der Waals surface area contributed by atoms with Crippen molar-refractivity contribution in [1.29, 1.82) is 0 Å². The Morgan fingerprint density at radius 2 is 2.06 bits per heavy atom. The number of methoxy groups -OCH3 is 1. The number of aliphatic carboxylic acids is 1. The van der Waals surface area contributed by atoms with Crippen molar-refractivity contribution < 1.29 is 14.6 Å². The van der Waals surface area contributed by atoms with E-state index in [2.05, 4.69) is 46.2 Å². The second-order valence-corrected chi connectivity index (χ2v) is 10.1. The zero-order chi connectivity index (χ0) is 25.4. The summed E-state index contributed by atoms with van der Waals surface area (Å²) >= 11 is 0. The fraction of sp³-hybridized carbons (Fsp3) is 0.393. The van der Waals surface area contributed by atoms with Crippen LogP contribution in [0.3, 0.4) is 0 Å². The predicted octanol–water partition coefficient (Wildman–Crippen LogP) is 4.66. The quantitative estimate of drug-likeness (QED) is 0.497. The van der Waals surface area contributed by atoms with Gasteiger partial charge in [-0.2, -0.15) is 4.98 Å². The number of hydrogen-bond acceptors (Lipinski definition) is 7. The molecule has 1 atom stereocenters. The number of carboxylic acids is 1. The first-order chi connectivity index (χ1) is 17.3. The van der Waals surface area contributed by atoms with Crippen LogP contribution in [0.2, 0.25) is 0 Å². The fourth-order valence-corrected chi connectivity index (χ4v) is 5.47. The number of nitrogens with zero attached hydrogens (tertiary/aromatic N) is 4. The van der Waals surface area contributed by atoms with Crippen LogP contribution in [-0.4, -0.2) is 53.2 Å². The van der Waals surface area contributed by atoms with Gasteiger partial charge in [0.1, 0.15) is 11.6 Å². The number of carboxylic acid groups (broad SMARTS) is 1. The molecule has 8 nitrogen and oxygen atoms in total. The number of rotatable bonds is 7. The van der Waals surface area contributed by atoms with Crippen LogP contribution in [0.5, 0.6) is 5.75 Å². The molecule has 3 aromatic rings. The van der Waals surface area contributed by atoms with Gasteiger partial charge in [0.25, 0.3) is 0 Å². The zero-order valence-electron chi connectivity index (χ0n) is 21.3. The molecule has 0 aliphatic carbocycles. The molecule has 0 amide bonds. The lowest BCUT2D eigenvalue weighted by Crippen LogP contribution is -2.31. The Balaban J connectivity index is 1.53. The molecule has 0 spiro atoms. The maximum absolute atomic E-state index is 11.7. The minimum atomic E-state index is -0.805. The number of nitrogens with one attached hydrogen (secondary N) is 1. The molecule has 2 aromatic carbocycles. The van der Waals surface area contributed by atoms with E-state index >= 15 is 0 Å². The highest BCUT2D eigenvalue weighted by Crippen LogP contribution is 2.46. The number of benzene rings is 2. The summed E-state index contributed by atoms with van der Waals surface area (Å²) in [6.07, 6.45) is 3.67. The Bertz CT molecular complexity index is 1310. The van der Waals surface area contributed by atoms with Crippen LogP contribution in [0.1, 0.15) is 42.5 Å². The van der Waals surface area contributed by atoms with Crippen molar-refractivity contribution in [3.63, 3.8) is 0 Å². The minimum absolute atomic E-state index is 0.0545. The molecule has 0 saturated heterocycles. The van der Waals surface area contributed by atoms with Crippen LogP contribution < -0.4 is 15.0 Å². The highest BCUT2D eigenvalue weighted by molar-refractivity contribution is 5.77. The van der Waals surface area contributed by atoms with E-state index in [9.17, 15) is 9.90 Å². The molecule has 0 bridgehead atoms. The Morgan fingerprint density at radius 3 is 2.81 bits per heavy atom. The molecule has 0 unspecified atom stereocenters. The largest absolute Gasteiger partial charge is 0.495 e. The number of aryl methyl sites for hydroxylation is 1. The predicted molar refractivity (Wildman–Crippen MR) is 141 cm³/mol. The molecule has 1 aromatic heterocycles. The third-order valence-corrected chi connectivity index (χ3v) is 7.34. The summed E-state index contributed by atoms with van der Waals surface area (Å²) in [6.45, 7) is 6.56. The molecular weight excluding hydrogens is 454 g/mol. The van der Waals surface area contributed by atoms with E-state index in [0.717, 1.165) is 60.0 Å². The van der Waals surface area contributed by atoms with Gasteiger partial charge in [0, 0.05) is 42.5 Å². The number of fused-ring (bicyclic) bond motifs is 2. The summed E-state index contributed by atoms with van der Waals surface area (Å²) in [5.41, 5.74) is 5.94. The third-order valence-electron chi connectivity index (χ3n) is 7.34. The lowest BCUT2D eigenvalue weighted by atomic mass is 9.81. The molecule has 188 valence electrons. The summed E-state index contributed by atoms with van der Waals surface area (Å²) in [5.74, 6) is 1.24. The van der Waals surface area contributed by atoms with Gasteiger partial charge in [0.15, 0.2) is 0 Å². The highest BCUT2D eigenvalue weighted by Gasteiger charge is 2.42. The zero-order valence-corrected chi connectivity index (χ0v) is 21.3. The van der Waals surface area contributed by atoms with Crippen LogP contribution in [0, 0.1) is 0 Å². The van der Waals surface area contributed by atoms with Crippen molar-refractivity contribution in [3.8, 4) is 5.75 Å². The third kappa shape index (κ3) is 4.37. The maximum atomic E-state index is 11.7. The van der Waals surface area contributed by atoms with Crippen molar-refractivity contribution >= 4 is 29.1 Å². The first-order valence-corrected chi connectivity index (χ1v) is 12.4. The van der Waals surface area contributed by atoms with Gasteiger partial charge in [-0.3, -0.25) is 4.79 Å². The summed E-state index contributed by atoms with van der Waals surface area (Å²) in [7, 11) is 3.81. The number of carbonyl (C=O) groups is 1. The van der Waals surface area contributed by atoms with E-state index in [1.807, 2.05) is 37.4 Å². The molecule has 2 aliphatic rings. The summed E-state index contributed by atoms with van der Waals surface area (Å²) in [4.78, 5) is 25.7. The lowest BCUT2D eigenvalue weighted by molar-refractivity contribution is -0.138. The van der Waals surface area contributed by atoms with Crippen molar-refractivity contribution in [1.82, 2.24) is 14.9 Å². The smallest absolute Gasteiger partial charge is 0.304 e. The molecule has 0 saturated carbocycles. The van der Waals surface area contributed by atoms with Gasteiger partial charge in [-0.1, -0.05) is 32.0 Å². The second-order valence-electron chi connectivity index (χ2n) is 10.1. The normalized spacial score (nSPS) is 19.1. The van der Waals surface area contributed by atoms with Crippen LogP contribution in [0.25, 0.3) is 0 Å². The fourth-order valence-electron chi connectivity index (χ4n) is 5.47. The summed E-state index contributed by atoms with van der Waals surface area (Å²) in [5, 5.41) is 13.0. The molecular formula is C28H33N5O3. The molecule has 5 rings (SSSR count). The number of aromatic nitrogens is 2. The Kier molecular flexibility index (Phi) is 6.30. The topological polar surface area (TPSA) is 90.8 Å².